The Morgan fingerprint density at radius 1 is 0.760 bits per heavy atom. The predicted octanol–water partition coefficient (Wildman–Crippen LogP) is 5.21. The molecule has 0 atom stereocenters. The number of anilines is 2. The second kappa shape index (κ2) is 6.82. The van der Waals surface area contributed by atoms with E-state index in [1.165, 1.54) is 6.07 Å². The highest BCUT2D eigenvalue weighted by atomic mass is 32.1. The van der Waals surface area contributed by atoms with Crippen molar-refractivity contribution >= 4 is 28.7 Å². The van der Waals surface area contributed by atoms with Crippen LogP contribution in [-0.2, 0) is 6.18 Å². The number of benzene rings is 2. The Bertz CT molecular complexity index is 805. The zero-order chi connectivity index (χ0) is 18.9. The van der Waals surface area contributed by atoms with Crippen LogP contribution in [0.4, 0.5) is 46.5 Å². The molecule has 0 bridgehead atoms. The van der Waals surface area contributed by atoms with Crippen LogP contribution in [0.15, 0.2) is 24.3 Å². The molecule has 0 aromatic heterocycles. The van der Waals surface area contributed by atoms with Gasteiger partial charge in [0.05, 0.1) is 11.3 Å². The van der Waals surface area contributed by atoms with Crippen LogP contribution in [0.1, 0.15) is 5.56 Å². The molecule has 2 N–H and O–H groups in total. The van der Waals surface area contributed by atoms with Crippen LogP contribution in [0.2, 0.25) is 0 Å². The van der Waals surface area contributed by atoms with Crippen molar-refractivity contribution in [2.45, 2.75) is 6.18 Å². The van der Waals surface area contributed by atoms with Crippen LogP contribution in [0.5, 0.6) is 0 Å². The monoisotopic (exact) mass is 386 g/mol. The number of para-hydroxylation sites is 1. The van der Waals surface area contributed by atoms with E-state index in [9.17, 15) is 35.1 Å². The largest absolute Gasteiger partial charge is 0.418 e. The molecule has 134 valence electrons. The number of thiocarbonyl (C=S) groups is 1. The highest BCUT2D eigenvalue weighted by Gasteiger charge is 2.33. The van der Waals surface area contributed by atoms with Crippen LogP contribution in [0.3, 0.4) is 0 Å². The van der Waals surface area contributed by atoms with Gasteiger partial charge in [0, 0.05) is 0 Å². The summed E-state index contributed by atoms with van der Waals surface area (Å²) < 4.78 is 105. The number of nitrogens with one attached hydrogen (secondary N) is 2. The Labute approximate surface area is 140 Å². The quantitative estimate of drug-likeness (QED) is 0.321. The first-order chi connectivity index (χ1) is 11.5. The highest BCUT2D eigenvalue weighted by Crippen LogP contribution is 2.35. The van der Waals surface area contributed by atoms with Crippen molar-refractivity contribution in [3.05, 3.63) is 58.9 Å². The van der Waals surface area contributed by atoms with Gasteiger partial charge in [-0.15, -0.1) is 0 Å². The standard InChI is InChI=1S/C14H6F8N2S/c15-7-8(16)10(18)12(11(19)9(7)17)24-13(25)23-6-4-2-1-3-5(6)14(20,21)22/h1-4H,(H2,23,24,25). The number of hydrogen-bond donors (Lipinski definition) is 2. The molecule has 0 saturated heterocycles. The average Bonchev–Trinajstić information content (AvgIpc) is 2.54. The third-order valence-corrected chi connectivity index (χ3v) is 3.13. The van der Waals surface area contributed by atoms with Gasteiger partial charge in [-0.25, -0.2) is 22.0 Å². The summed E-state index contributed by atoms with van der Waals surface area (Å²) in [5.74, 6) is -11.2. The van der Waals surface area contributed by atoms with Crippen molar-refractivity contribution in [3.8, 4) is 0 Å². The summed E-state index contributed by atoms with van der Waals surface area (Å²) in [6, 6.07) is 3.99. The van der Waals surface area contributed by atoms with E-state index in [-0.39, 0.29) is 0 Å². The van der Waals surface area contributed by atoms with Crippen LogP contribution >= 0.6 is 12.2 Å². The third kappa shape index (κ3) is 3.81. The molecule has 0 spiro atoms. The topological polar surface area (TPSA) is 24.1 Å². The molecule has 2 aromatic rings. The smallest absolute Gasteiger partial charge is 0.332 e. The van der Waals surface area contributed by atoms with Crippen molar-refractivity contribution in [1.29, 1.82) is 0 Å². The second-order valence-electron chi connectivity index (χ2n) is 4.57. The van der Waals surface area contributed by atoms with Gasteiger partial charge in [-0.1, -0.05) is 12.1 Å². The fourth-order valence-electron chi connectivity index (χ4n) is 1.82. The number of hydrogen-bond acceptors (Lipinski definition) is 1. The van der Waals surface area contributed by atoms with Gasteiger partial charge in [0.2, 0.25) is 5.82 Å². The zero-order valence-corrected chi connectivity index (χ0v) is 12.6. The summed E-state index contributed by atoms with van der Waals surface area (Å²) in [5.41, 5.74) is -3.20. The van der Waals surface area contributed by atoms with Crippen LogP contribution in [0, 0.1) is 29.1 Å². The summed E-state index contributed by atoms with van der Waals surface area (Å²) >= 11 is 4.58. The maximum Gasteiger partial charge on any atom is 0.418 e. The van der Waals surface area contributed by atoms with Crippen molar-refractivity contribution in [2.75, 3.05) is 10.6 Å². The fraction of sp³-hybridized carbons (Fsp3) is 0.0714. The Kier molecular flexibility index (Phi) is 5.16. The first-order valence-electron chi connectivity index (χ1n) is 6.29. The minimum Gasteiger partial charge on any atom is -0.332 e. The Balaban J connectivity index is 2.32. The Hall–Kier alpha value is -2.43. The summed E-state index contributed by atoms with van der Waals surface area (Å²) in [7, 11) is 0. The van der Waals surface area contributed by atoms with E-state index >= 15 is 0 Å². The van der Waals surface area contributed by atoms with E-state index in [2.05, 4.69) is 12.2 Å². The highest BCUT2D eigenvalue weighted by molar-refractivity contribution is 7.80. The van der Waals surface area contributed by atoms with Gasteiger partial charge in [0.25, 0.3) is 0 Å². The lowest BCUT2D eigenvalue weighted by atomic mass is 10.1. The molecule has 0 unspecified atom stereocenters. The van der Waals surface area contributed by atoms with Gasteiger partial charge < -0.3 is 10.6 Å². The molecule has 2 aromatic carbocycles. The van der Waals surface area contributed by atoms with Crippen molar-refractivity contribution in [2.24, 2.45) is 0 Å². The minimum atomic E-state index is -4.76. The molecule has 0 fully saturated rings. The first kappa shape index (κ1) is 18.9. The number of rotatable bonds is 2. The van der Waals surface area contributed by atoms with E-state index in [1.807, 2.05) is 5.32 Å². The van der Waals surface area contributed by atoms with Gasteiger partial charge in [-0.3, -0.25) is 0 Å². The van der Waals surface area contributed by atoms with Gasteiger partial charge in [0.15, 0.2) is 28.4 Å². The van der Waals surface area contributed by atoms with E-state index in [4.69, 9.17) is 0 Å². The molecule has 25 heavy (non-hydrogen) atoms. The molecule has 2 rings (SSSR count). The molecular formula is C14H6F8N2S. The zero-order valence-electron chi connectivity index (χ0n) is 11.7. The van der Waals surface area contributed by atoms with E-state index in [1.54, 1.807) is 5.32 Å². The van der Waals surface area contributed by atoms with E-state index < -0.39 is 57.3 Å². The molecule has 0 saturated carbocycles. The van der Waals surface area contributed by atoms with Crippen molar-refractivity contribution in [1.82, 2.24) is 0 Å². The number of halogens is 8. The summed E-state index contributed by atoms with van der Waals surface area (Å²) in [5, 5.41) is 2.87. The molecule has 0 radical (unpaired) electrons. The normalized spacial score (nSPS) is 11.4. The Morgan fingerprint density at radius 3 is 1.76 bits per heavy atom. The van der Waals surface area contributed by atoms with Crippen molar-refractivity contribution in [3.63, 3.8) is 0 Å². The summed E-state index contributed by atoms with van der Waals surface area (Å²) in [6.07, 6.45) is -4.76. The van der Waals surface area contributed by atoms with Gasteiger partial charge >= 0.3 is 6.18 Å². The van der Waals surface area contributed by atoms with Crippen LogP contribution < -0.4 is 10.6 Å². The average molecular weight is 386 g/mol. The summed E-state index contributed by atoms with van der Waals surface area (Å²) in [4.78, 5) is 0. The number of alkyl halides is 3. The van der Waals surface area contributed by atoms with Gasteiger partial charge in [-0.05, 0) is 24.4 Å². The van der Waals surface area contributed by atoms with Gasteiger partial charge in [-0.2, -0.15) is 13.2 Å². The second-order valence-corrected chi connectivity index (χ2v) is 4.98. The lowest BCUT2D eigenvalue weighted by Crippen LogP contribution is -2.23. The van der Waals surface area contributed by atoms with Crippen molar-refractivity contribution < 1.29 is 35.1 Å². The SMILES string of the molecule is Fc1c(F)c(F)c(NC(=S)Nc2ccccc2C(F)(F)F)c(F)c1F. The molecule has 0 amide bonds. The summed E-state index contributed by atoms with van der Waals surface area (Å²) in [6.45, 7) is 0. The van der Waals surface area contributed by atoms with Crippen LogP contribution in [0.25, 0.3) is 0 Å². The Morgan fingerprint density at radius 2 is 1.24 bits per heavy atom. The molecule has 0 aliphatic rings. The third-order valence-electron chi connectivity index (χ3n) is 2.93. The molecular weight excluding hydrogens is 380 g/mol. The maximum absolute atomic E-state index is 13.5. The molecule has 0 aliphatic carbocycles. The molecule has 11 heteroatoms. The fourth-order valence-corrected chi connectivity index (χ4v) is 2.03. The van der Waals surface area contributed by atoms with Gasteiger partial charge in [0.1, 0.15) is 5.69 Å². The maximum atomic E-state index is 13.5. The predicted molar refractivity (Wildman–Crippen MR) is 77.5 cm³/mol. The lowest BCUT2D eigenvalue weighted by Gasteiger charge is -2.16. The molecule has 0 heterocycles. The first-order valence-corrected chi connectivity index (χ1v) is 6.70. The lowest BCUT2D eigenvalue weighted by molar-refractivity contribution is -0.136. The minimum absolute atomic E-state index is 0.573. The molecule has 2 nitrogen and oxygen atoms in total. The van der Waals surface area contributed by atoms with E-state index in [0.29, 0.717) is 6.07 Å². The van der Waals surface area contributed by atoms with Crippen LogP contribution in [-0.4, -0.2) is 5.11 Å². The molecule has 0 aliphatic heterocycles. The van der Waals surface area contributed by atoms with E-state index in [0.717, 1.165) is 12.1 Å².